The van der Waals surface area contributed by atoms with Crippen molar-refractivity contribution in [3.05, 3.63) is 0 Å². The second-order valence-corrected chi connectivity index (χ2v) is 12.7. The standard InChI is InChI=1S/C15H30N2O2Si/c1-15(2,3)20(5,6)19-12-8-13(16-9-12)11-7-14(18)17(4)10-11/h11-13,16H,7-10H2,1-6H3/t11-,12+,13-/m0/s1. The van der Waals surface area contributed by atoms with Gasteiger partial charge in [-0.15, -0.1) is 0 Å². The molecule has 3 atom stereocenters. The summed E-state index contributed by atoms with van der Waals surface area (Å²) < 4.78 is 6.48. The van der Waals surface area contributed by atoms with Crippen molar-refractivity contribution in [2.75, 3.05) is 20.1 Å². The van der Waals surface area contributed by atoms with Gasteiger partial charge in [-0.25, -0.2) is 0 Å². The number of hydrogen-bond acceptors (Lipinski definition) is 3. The highest BCUT2D eigenvalue weighted by molar-refractivity contribution is 6.74. The van der Waals surface area contributed by atoms with Gasteiger partial charge in [0, 0.05) is 38.5 Å². The van der Waals surface area contributed by atoms with Gasteiger partial charge in [0.05, 0.1) is 6.10 Å². The molecule has 0 aliphatic carbocycles. The van der Waals surface area contributed by atoms with Crippen LogP contribution < -0.4 is 5.32 Å². The molecule has 0 bridgehead atoms. The van der Waals surface area contributed by atoms with Crippen LogP contribution in [0.3, 0.4) is 0 Å². The molecule has 2 heterocycles. The molecular weight excluding hydrogens is 268 g/mol. The van der Waals surface area contributed by atoms with Crippen LogP contribution in [0.25, 0.3) is 0 Å². The minimum absolute atomic E-state index is 0.259. The molecule has 1 amide bonds. The molecule has 0 spiro atoms. The van der Waals surface area contributed by atoms with E-state index in [0.29, 0.717) is 24.5 Å². The zero-order valence-corrected chi connectivity index (χ0v) is 14.8. The van der Waals surface area contributed by atoms with Crippen LogP contribution in [0.4, 0.5) is 0 Å². The van der Waals surface area contributed by atoms with Crippen LogP contribution >= 0.6 is 0 Å². The van der Waals surface area contributed by atoms with E-state index in [4.69, 9.17) is 4.43 Å². The van der Waals surface area contributed by atoms with E-state index in [9.17, 15) is 4.79 Å². The number of nitrogens with zero attached hydrogens (tertiary/aromatic N) is 1. The molecule has 2 fully saturated rings. The average molecular weight is 299 g/mol. The van der Waals surface area contributed by atoms with E-state index in [1.165, 1.54) is 0 Å². The van der Waals surface area contributed by atoms with E-state index in [1.807, 2.05) is 11.9 Å². The maximum atomic E-state index is 11.7. The summed E-state index contributed by atoms with van der Waals surface area (Å²) >= 11 is 0. The van der Waals surface area contributed by atoms with Gasteiger partial charge in [-0.1, -0.05) is 20.8 Å². The first-order valence-electron chi connectivity index (χ1n) is 7.75. The highest BCUT2D eigenvalue weighted by atomic mass is 28.4. The third kappa shape index (κ3) is 3.26. The van der Waals surface area contributed by atoms with Crippen molar-refractivity contribution in [3.63, 3.8) is 0 Å². The van der Waals surface area contributed by atoms with Crippen LogP contribution in [0, 0.1) is 5.92 Å². The van der Waals surface area contributed by atoms with Gasteiger partial charge in [0.2, 0.25) is 5.91 Å². The monoisotopic (exact) mass is 298 g/mol. The molecule has 116 valence electrons. The molecule has 0 aromatic heterocycles. The Morgan fingerprint density at radius 2 is 2.00 bits per heavy atom. The lowest BCUT2D eigenvalue weighted by molar-refractivity contribution is -0.126. The molecular formula is C15H30N2O2Si. The van der Waals surface area contributed by atoms with Gasteiger partial charge in [0.25, 0.3) is 0 Å². The van der Waals surface area contributed by atoms with Crippen LogP contribution in [0.1, 0.15) is 33.6 Å². The SMILES string of the molecule is CN1C[C@@H]([C@@H]2C[C@@H](O[Si](C)(C)C(C)(C)C)CN2)CC1=O. The number of likely N-dealkylation sites (tertiary alicyclic amines) is 1. The predicted octanol–water partition coefficient (Wildman–Crippen LogP) is 2.22. The molecule has 4 nitrogen and oxygen atoms in total. The van der Waals surface area contributed by atoms with Gasteiger partial charge in [0.1, 0.15) is 0 Å². The number of carbonyl (C=O) groups is 1. The van der Waals surface area contributed by atoms with Gasteiger partial charge in [-0.3, -0.25) is 4.79 Å². The van der Waals surface area contributed by atoms with Crippen molar-refractivity contribution >= 4 is 14.2 Å². The van der Waals surface area contributed by atoms with E-state index in [2.05, 4.69) is 39.2 Å². The Kier molecular flexibility index (Phi) is 4.34. The fourth-order valence-electron chi connectivity index (χ4n) is 2.94. The summed E-state index contributed by atoms with van der Waals surface area (Å²) in [4.78, 5) is 13.5. The van der Waals surface area contributed by atoms with Gasteiger partial charge in [-0.05, 0) is 24.6 Å². The van der Waals surface area contributed by atoms with Crippen molar-refractivity contribution < 1.29 is 9.22 Å². The first-order valence-corrected chi connectivity index (χ1v) is 10.7. The van der Waals surface area contributed by atoms with Gasteiger partial charge in [0.15, 0.2) is 8.32 Å². The van der Waals surface area contributed by atoms with E-state index in [-0.39, 0.29) is 10.9 Å². The average Bonchev–Trinajstić information content (AvgIpc) is 2.85. The fourth-order valence-corrected chi connectivity index (χ4v) is 4.31. The Morgan fingerprint density at radius 1 is 1.35 bits per heavy atom. The Morgan fingerprint density at radius 3 is 2.50 bits per heavy atom. The Hall–Kier alpha value is -0.393. The second-order valence-electron chi connectivity index (χ2n) is 7.99. The van der Waals surface area contributed by atoms with Crippen molar-refractivity contribution in [3.8, 4) is 0 Å². The summed E-state index contributed by atoms with van der Waals surface area (Å²) in [7, 11) is 0.220. The largest absolute Gasteiger partial charge is 0.413 e. The topological polar surface area (TPSA) is 41.6 Å². The van der Waals surface area contributed by atoms with Gasteiger partial charge < -0.3 is 14.6 Å². The summed E-state index contributed by atoms with van der Waals surface area (Å²) in [5.74, 6) is 0.742. The molecule has 2 aliphatic rings. The lowest BCUT2D eigenvalue weighted by Crippen LogP contribution is -2.44. The zero-order valence-electron chi connectivity index (χ0n) is 13.8. The molecule has 2 aliphatic heterocycles. The van der Waals surface area contributed by atoms with E-state index in [0.717, 1.165) is 19.5 Å². The second kappa shape index (κ2) is 5.43. The van der Waals surface area contributed by atoms with Gasteiger partial charge in [-0.2, -0.15) is 0 Å². The summed E-state index contributed by atoms with van der Waals surface area (Å²) in [5.41, 5.74) is 0. The molecule has 0 saturated carbocycles. The van der Waals surface area contributed by atoms with E-state index in [1.54, 1.807) is 0 Å². The number of amides is 1. The Bertz CT molecular complexity index is 379. The Labute approximate surface area is 124 Å². The van der Waals surface area contributed by atoms with Gasteiger partial charge >= 0.3 is 0 Å². The van der Waals surface area contributed by atoms with Crippen LogP contribution in [-0.4, -0.2) is 51.4 Å². The lowest BCUT2D eigenvalue weighted by atomic mass is 9.97. The summed E-state index contributed by atoms with van der Waals surface area (Å²) in [5, 5.41) is 3.84. The Balaban J connectivity index is 1.89. The van der Waals surface area contributed by atoms with E-state index < -0.39 is 8.32 Å². The normalized spacial score (nSPS) is 32.2. The first-order chi connectivity index (χ1) is 9.10. The smallest absolute Gasteiger partial charge is 0.222 e. The minimum atomic E-state index is -1.68. The first kappa shape index (κ1) is 16.0. The molecule has 0 aromatic carbocycles. The molecule has 5 heteroatoms. The third-order valence-corrected chi connectivity index (χ3v) is 9.87. The quantitative estimate of drug-likeness (QED) is 0.812. The maximum absolute atomic E-state index is 11.7. The molecule has 0 aromatic rings. The molecule has 1 N–H and O–H groups in total. The van der Waals surface area contributed by atoms with Crippen LogP contribution in [0.5, 0.6) is 0 Å². The highest BCUT2D eigenvalue weighted by Gasteiger charge is 2.43. The highest BCUT2D eigenvalue weighted by Crippen LogP contribution is 2.38. The van der Waals surface area contributed by atoms with Crippen LogP contribution in [-0.2, 0) is 9.22 Å². The summed E-state index contributed by atoms with van der Waals surface area (Å²) in [6.45, 7) is 13.3. The van der Waals surface area contributed by atoms with Crippen molar-refractivity contribution in [2.24, 2.45) is 5.92 Å². The number of nitrogens with one attached hydrogen (secondary N) is 1. The minimum Gasteiger partial charge on any atom is -0.413 e. The molecule has 0 unspecified atom stereocenters. The molecule has 2 saturated heterocycles. The van der Waals surface area contributed by atoms with E-state index >= 15 is 0 Å². The number of rotatable bonds is 3. The van der Waals surface area contributed by atoms with Crippen molar-refractivity contribution in [1.82, 2.24) is 10.2 Å². The third-order valence-electron chi connectivity index (χ3n) is 5.33. The summed E-state index contributed by atoms with van der Waals surface area (Å²) in [6.07, 6.45) is 2.07. The van der Waals surface area contributed by atoms with Crippen LogP contribution in [0.15, 0.2) is 0 Å². The maximum Gasteiger partial charge on any atom is 0.222 e. The lowest BCUT2D eigenvalue weighted by Gasteiger charge is -2.38. The molecule has 0 radical (unpaired) electrons. The summed E-state index contributed by atoms with van der Waals surface area (Å²) in [6, 6.07) is 0.443. The predicted molar refractivity (Wildman–Crippen MR) is 84.2 cm³/mol. The zero-order chi connectivity index (χ0) is 15.1. The molecule has 20 heavy (non-hydrogen) atoms. The van der Waals surface area contributed by atoms with Crippen molar-refractivity contribution in [2.45, 2.75) is 63.9 Å². The van der Waals surface area contributed by atoms with Crippen LogP contribution in [0.2, 0.25) is 18.1 Å². The fraction of sp³-hybridized carbons (Fsp3) is 0.933. The number of carbonyl (C=O) groups excluding carboxylic acids is 1. The van der Waals surface area contributed by atoms with Crippen molar-refractivity contribution in [1.29, 1.82) is 0 Å². The molecule has 2 rings (SSSR count). The number of hydrogen-bond donors (Lipinski definition) is 1.